The van der Waals surface area contributed by atoms with Crippen molar-refractivity contribution >= 4 is 46.0 Å². The van der Waals surface area contributed by atoms with Crippen LogP contribution in [0.1, 0.15) is 36.9 Å². The topological polar surface area (TPSA) is 156 Å². The summed E-state index contributed by atoms with van der Waals surface area (Å²) in [7, 11) is 1.49. The quantitative estimate of drug-likeness (QED) is 0.237. The number of carbonyl (C=O) groups is 3. The van der Waals surface area contributed by atoms with Gasteiger partial charge in [-0.15, -0.1) is 0 Å². The maximum Gasteiger partial charge on any atom is 0.357 e. The fourth-order valence-electron chi connectivity index (χ4n) is 3.25. The molecule has 12 heteroatoms. The number of nitrogens with one attached hydrogen (secondary N) is 3. The Balaban J connectivity index is 1.42. The lowest BCUT2D eigenvalue weighted by molar-refractivity contribution is 0.0690. The van der Waals surface area contributed by atoms with E-state index in [0.717, 1.165) is 16.7 Å². The minimum absolute atomic E-state index is 0.0552. The van der Waals surface area contributed by atoms with E-state index in [-0.39, 0.29) is 24.0 Å². The summed E-state index contributed by atoms with van der Waals surface area (Å²) >= 11 is 1.20. The molecule has 0 radical (unpaired) electrons. The molecule has 2 aromatic heterocycles. The van der Waals surface area contributed by atoms with Crippen LogP contribution in [-0.2, 0) is 6.54 Å². The standard InChI is InChI=1S/C24H21N5O6S/c1-13-7-8-17(16(9-13)20(30)15-5-3-4-6-19(15)34-2)27-22(33)29-24-26-11-14(36-24)10-25-23-28-18(12-35-23)21(31)32/h3-9,11-12H,10H2,1-2H3,(H,25,28)(H,31,32)(H2,26,27,29,33). The zero-order valence-corrected chi connectivity index (χ0v) is 20.0. The Labute approximate surface area is 209 Å². The number of aromatic nitrogens is 2. The summed E-state index contributed by atoms with van der Waals surface area (Å²) in [5.74, 6) is -1.04. The molecule has 184 valence electrons. The number of nitrogens with zero attached hydrogens (tertiary/aromatic N) is 2. The summed E-state index contributed by atoms with van der Waals surface area (Å²) < 4.78 is 10.3. The van der Waals surface area contributed by atoms with Crippen LogP contribution in [0.4, 0.5) is 21.6 Å². The van der Waals surface area contributed by atoms with Gasteiger partial charge >= 0.3 is 12.0 Å². The van der Waals surface area contributed by atoms with E-state index >= 15 is 0 Å². The molecule has 2 amide bonds. The molecule has 0 atom stereocenters. The highest BCUT2D eigenvalue weighted by Gasteiger charge is 2.19. The highest BCUT2D eigenvalue weighted by molar-refractivity contribution is 7.15. The maximum absolute atomic E-state index is 13.3. The Hall–Kier alpha value is -4.71. The summed E-state index contributed by atoms with van der Waals surface area (Å²) in [5.41, 5.74) is 1.70. The molecule has 0 aliphatic rings. The molecule has 0 spiro atoms. The van der Waals surface area contributed by atoms with Gasteiger partial charge in [-0.25, -0.2) is 14.6 Å². The number of ketones is 1. The number of hydrogen-bond donors (Lipinski definition) is 4. The molecule has 4 aromatic rings. The average molecular weight is 508 g/mol. The number of methoxy groups -OCH3 is 1. The van der Waals surface area contributed by atoms with E-state index in [0.29, 0.717) is 27.7 Å². The summed E-state index contributed by atoms with van der Waals surface area (Å²) in [6.45, 7) is 2.12. The number of urea groups is 1. The third-order valence-corrected chi connectivity index (χ3v) is 5.84. The van der Waals surface area contributed by atoms with Crippen LogP contribution in [0.15, 0.2) is 59.3 Å². The molecule has 0 saturated heterocycles. The third-order valence-electron chi connectivity index (χ3n) is 4.93. The molecule has 4 N–H and O–H groups in total. The number of rotatable bonds is 9. The predicted octanol–water partition coefficient (Wildman–Crippen LogP) is 4.63. The fourth-order valence-corrected chi connectivity index (χ4v) is 3.99. The van der Waals surface area contributed by atoms with Crippen molar-refractivity contribution in [3.8, 4) is 5.75 Å². The van der Waals surface area contributed by atoms with Crippen molar-refractivity contribution in [1.82, 2.24) is 9.97 Å². The van der Waals surface area contributed by atoms with Crippen molar-refractivity contribution < 1.29 is 28.6 Å². The summed E-state index contributed by atoms with van der Waals surface area (Å²) in [4.78, 5) is 45.5. The van der Waals surface area contributed by atoms with Crippen LogP contribution < -0.4 is 20.7 Å². The number of anilines is 3. The lowest BCUT2D eigenvalue weighted by atomic mass is 9.99. The minimum Gasteiger partial charge on any atom is -0.496 e. The molecule has 0 bridgehead atoms. The van der Waals surface area contributed by atoms with Crippen LogP contribution in [-0.4, -0.2) is 40.0 Å². The molecule has 36 heavy (non-hydrogen) atoms. The first-order valence-electron chi connectivity index (χ1n) is 10.6. The molecular weight excluding hydrogens is 486 g/mol. The number of benzene rings is 2. The van der Waals surface area contributed by atoms with Crippen molar-refractivity contribution in [3.63, 3.8) is 0 Å². The van der Waals surface area contributed by atoms with Gasteiger partial charge in [0.15, 0.2) is 16.6 Å². The third kappa shape index (κ3) is 5.67. The highest BCUT2D eigenvalue weighted by Crippen LogP contribution is 2.27. The summed E-state index contributed by atoms with van der Waals surface area (Å²) in [6, 6.07) is 11.5. The van der Waals surface area contributed by atoms with Gasteiger partial charge in [-0.3, -0.25) is 10.1 Å². The Morgan fingerprint density at radius 3 is 2.67 bits per heavy atom. The molecule has 0 fully saturated rings. The number of ether oxygens (including phenoxy) is 1. The number of aromatic carboxylic acids is 1. The second kappa shape index (κ2) is 10.7. The maximum atomic E-state index is 13.3. The van der Waals surface area contributed by atoms with E-state index in [2.05, 4.69) is 25.9 Å². The highest BCUT2D eigenvalue weighted by atomic mass is 32.1. The fraction of sp³-hybridized carbons (Fsp3) is 0.125. The molecule has 2 heterocycles. The lowest BCUT2D eigenvalue weighted by Crippen LogP contribution is -2.21. The van der Waals surface area contributed by atoms with Crippen LogP contribution in [0.3, 0.4) is 0 Å². The van der Waals surface area contributed by atoms with Crippen molar-refractivity contribution in [3.05, 3.63) is 82.2 Å². The van der Waals surface area contributed by atoms with Crippen LogP contribution >= 0.6 is 11.3 Å². The van der Waals surface area contributed by atoms with E-state index in [9.17, 15) is 14.4 Å². The number of thiazole rings is 1. The van der Waals surface area contributed by atoms with E-state index in [1.54, 1.807) is 48.7 Å². The zero-order chi connectivity index (χ0) is 25.7. The number of amides is 2. The Morgan fingerprint density at radius 2 is 1.92 bits per heavy atom. The van der Waals surface area contributed by atoms with Gasteiger partial charge in [0.2, 0.25) is 0 Å². The van der Waals surface area contributed by atoms with Crippen molar-refractivity contribution in [2.24, 2.45) is 0 Å². The minimum atomic E-state index is -1.19. The van der Waals surface area contributed by atoms with Gasteiger partial charge in [-0.1, -0.05) is 35.1 Å². The van der Waals surface area contributed by atoms with Gasteiger partial charge in [0, 0.05) is 16.6 Å². The Bertz CT molecular complexity index is 1430. The lowest BCUT2D eigenvalue weighted by Gasteiger charge is -2.13. The number of hydrogen-bond acceptors (Lipinski definition) is 9. The number of carboxylic acid groups (broad SMARTS) is 1. The molecule has 0 unspecified atom stereocenters. The van der Waals surface area contributed by atoms with E-state index in [1.807, 2.05) is 6.92 Å². The predicted molar refractivity (Wildman–Crippen MR) is 133 cm³/mol. The SMILES string of the molecule is COc1ccccc1C(=O)c1cc(C)ccc1NC(=O)Nc1ncc(CNc2nc(C(=O)O)co2)s1. The first kappa shape index (κ1) is 24.4. The van der Waals surface area contributed by atoms with Crippen LogP contribution in [0.2, 0.25) is 0 Å². The monoisotopic (exact) mass is 507 g/mol. The first-order chi connectivity index (χ1) is 17.3. The van der Waals surface area contributed by atoms with E-state index in [4.69, 9.17) is 14.3 Å². The molecule has 4 rings (SSSR count). The molecular formula is C24H21N5O6S. The Kier molecular flexibility index (Phi) is 7.25. The van der Waals surface area contributed by atoms with Crippen molar-refractivity contribution in [1.29, 1.82) is 0 Å². The second-order valence-corrected chi connectivity index (χ2v) is 8.60. The van der Waals surface area contributed by atoms with Crippen LogP contribution in [0.25, 0.3) is 0 Å². The largest absolute Gasteiger partial charge is 0.496 e. The number of para-hydroxylation sites is 1. The van der Waals surface area contributed by atoms with Gasteiger partial charge in [-0.05, 0) is 31.2 Å². The molecule has 11 nitrogen and oxygen atoms in total. The molecule has 2 aromatic carbocycles. The molecule has 0 aliphatic heterocycles. The van der Waals surface area contributed by atoms with Gasteiger partial charge in [-0.2, -0.15) is 4.98 Å². The van der Waals surface area contributed by atoms with Crippen LogP contribution in [0.5, 0.6) is 5.75 Å². The molecule has 0 saturated carbocycles. The number of carbonyl (C=O) groups excluding carboxylic acids is 2. The van der Waals surface area contributed by atoms with Crippen LogP contribution in [0, 0.1) is 6.92 Å². The zero-order valence-electron chi connectivity index (χ0n) is 19.2. The summed E-state index contributed by atoms with van der Waals surface area (Å²) in [6.07, 6.45) is 2.59. The van der Waals surface area contributed by atoms with Crippen molar-refractivity contribution in [2.45, 2.75) is 13.5 Å². The first-order valence-corrected chi connectivity index (χ1v) is 11.4. The average Bonchev–Trinajstić information content (AvgIpc) is 3.53. The Morgan fingerprint density at radius 1 is 1.11 bits per heavy atom. The normalized spacial score (nSPS) is 10.5. The molecule has 0 aliphatic carbocycles. The smallest absolute Gasteiger partial charge is 0.357 e. The second-order valence-electron chi connectivity index (χ2n) is 7.49. The van der Waals surface area contributed by atoms with Gasteiger partial charge < -0.3 is 24.9 Å². The summed E-state index contributed by atoms with van der Waals surface area (Å²) in [5, 5.41) is 17.4. The van der Waals surface area contributed by atoms with Gasteiger partial charge in [0.25, 0.3) is 6.01 Å². The number of carboxylic acids is 1. The number of aryl methyl sites for hydroxylation is 1. The van der Waals surface area contributed by atoms with Gasteiger partial charge in [0.1, 0.15) is 12.0 Å². The van der Waals surface area contributed by atoms with E-state index < -0.39 is 12.0 Å². The van der Waals surface area contributed by atoms with E-state index in [1.165, 1.54) is 18.4 Å². The van der Waals surface area contributed by atoms with Gasteiger partial charge in [0.05, 0.1) is 24.9 Å². The number of oxazole rings is 1. The van der Waals surface area contributed by atoms with Crippen molar-refractivity contribution in [2.75, 3.05) is 23.1 Å².